The molecule has 1 aromatic carbocycles. The molecule has 1 amide bonds. The molecule has 0 unspecified atom stereocenters. The Morgan fingerprint density at radius 2 is 1.93 bits per heavy atom. The number of carbonyl (C=O) groups is 1. The fourth-order valence-electron chi connectivity index (χ4n) is 2.89. The van der Waals surface area contributed by atoms with Crippen molar-refractivity contribution in [2.24, 2.45) is 0 Å². The summed E-state index contributed by atoms with van der Waals surface area (Å²) in [7, 11) is -3.41. The van der Waals surface area contributed by atoms with Crippen LogP contribution in [0.25, 0.3) is 0 Å². The highest BCUT2D eigenvalue weighted by atomic mass is 32.2. The number of rotatable bonds is 10. The van der Waals surface area contributed by atoms with Gasteiger partial charge in [0.2, 0.25) is 15.9 Å². The van der Waals surface area contributed by atoms with Crippen molar-refractivity contribution in [3.63, 3.8) is 0 Å². The zero-order valence-electron chi connectivity index (χ0n) is 16.2. The number of aryl methyl sites for hydroxylation is 2. The minimum Gasteiger partial charge on any atom is -0.469 e. The van der Waals surface area contributed by atoms with Crippen LogP contribution in [0.5, 0.6) is 0 Å². The van der Waals surface area contributed by atoms with E-state index in [0.717, 1.165) is 29.7 Å². The van der Waals surface area contributed by atoms with Crippen molar-refractivity contribution in [2.75, 3.05) is 23.7 Å². The molecule has 0 saturated heterocycles. The lowest BCUT2D eigenvalue weighted by Gasteiger charge is -2.24. The molecule has 2 rings (SSSR count). The third-order valence-electron chi connectivity index (χ3n) is 4.51. The molecule has 0 fully saturated rings. The van der Waals surface area contributed by atoms with Crippen LogP contribution < -0.4 is 9.62 Å². The molecule has 2 aromatic rings. The number of hydrogen-bond acceptors (Lipinski definition) is 4. The maximum atomic E-state index is 12.2. The van der Waals surface area contributed by atoms with E-state index in [-0.39, 0.29) is 18.9 Å². The highest BCUT2D eigenvalue weighted by molar-refractivity contribution is 7.92. The van der Waals surface area contributed by atoms with Crippen LogP contribution in [0.4, 0.5) is 5.69 Å². The van der Waals surface area contributed by atoms with Crippen LogP contribution in [0.1, 0.15) is 36.1 Å². The van der Waals surface area contributed by atoms with Crippen LogP contribution in [0.2, 0.25) is 0 Å². The number of benzene rings is 1. The van der Waals surface area contributed by atoms with E-state index in [1.165, 1.54) is 10.6 Å². The van der Waals surface area contributed by atoms with Crippen molar-refractivity contribution in [1.82, 2.24) is 5.32 Å². The van der Waals surface area contributed by atoms with Gasteiger partial charge >= 0.3 is 0 Å². The third kappa shape index (κ3) is 6.43. The Kier molecular flexibility index (Phi) is 7.47. The summed E-state index contributed by atoms with van der Waals surface area (Å²) in [6.07, 6.45) is 5.17. The van der Waals surface area contributed by atoms with Gasteiger partial charge < -0.3 is 9.73 Å². The Labute approximate surface area is 161 Å². The van der Waals surface area contributed by atoms with Crippen molar-refractivity contribution in [3.05, 3.63) is 53.5 Å². The van der Waals surface area contributed by atoms with Crippen LogP contribution in [-0.4, -0.2) is 33.7 Å². The molecule has 0 aliphatic carbocycles. The van der Waals surface area contributed by atoms with Crippen LogP contribution >= 0.6 is 0 Å². The molecular formula is C20H28N2O4S. The first-order valence-corrected chi connectivity index (χ1v) is 11.0. The topological polar surface area (TPSA) is 79.6 Å². The summed E-state index contributed by atoms with van der Waals surface area (Å²) < 4.78 is 31.1. The second kappa shape index (κ2) is 9.60. The lowest BCUT2D eigenvalue weighted by molar-refractivity contribution is -0.121. The van der Waals surface area contributed by atoms with Gasteiger partial charge in [0.1, 0.15) is 5.76 Å². The third-order valence-corrected chi connectivity index (χ3v) is 5.69. The molecular weight excluding hydrogens is 364 g/mol. The molecule has 0 aliphatic heterocycles. The van der Waals surface area contributed by atoms with Crippen molar-refractivity contribution in [2.45, 2.75) is 39.5 Å². The zero-order valence-corrected chi connectivity index (χ0v) is 17.0. The van der Waals surface area contributed by atoms with Crippen molar-refractivity contribution < 1.29 is 17.6 Å². The highest BCUT2D eigenvalue weighted by Crippen LogP contribution is 2.25. The Morgan fingerprint density at radius 3 is 2.59 bits per heavy atom. The van der Waals surface area contributed by atoms with Gasteiger partial charge in [0, 0.05) is 25.9 Å². The maximum absolute atomic E-state index is 12.2. The fourth-order valence-corrected chi connectivity index (χ4v) is 3.90. The molecule has 0 bridgehead atoms. The van der Waals surface area contributed by atoms with E-state index in [2.05, 4.69) is 5.32 Å². The van der Waals surface area contributed by atoms with Crippen LogP contribution in [-0.2, 0) is 21.2 Å². The Hall–Kier alpha value is -2.28. The molecule has 148 valence electrons. The second-order valence-corrected chi connectivity index (χ2v) is 8.60. The number of nitrogens with zero attached hydrogens (tertiary/aromatic N) is 1. The SMILES string of the molecule is Cc1cccc(N(CCCC(=O)NCCCc2ccco2)S(C)(=O)=O)c1C. The Bertz CT molecular complexity index is 845. The van der Waals surface area contributed by atoms with Crippen molar-refractivity contribution in [1.29, 1.82) is 0 Å². The molecule has 1 aromatic heterocycles. The molecule has 0 atom stereocenters. The standard InChI is InChI=1S/C20H28N2O4S/c1-16-8-4-11-19(17(16)2)22(27(3,24)25)14-6-12-20(23)21-13-5-9-18-10-7-15-26-18/h4,7-8,10-11,15H,5-6,9,12-14H2,1-3H3,(H,21,23). The summed E-state index contributed by atoms with van der Waals surface area (Å²) in [5, 5.41) is 2.87. The van der Waals surface area contributed by atoms with Crippen molar-refractivity contribution >= 4 is 21.6 Å². The summed E-state index contributed by atoms with van der Waals surface area (Å²) in [5.74, 6) is 0.838. The smallest absolute Gasteiger partial charge is 0.232 e. The summed E-state index contributed by atoms with van der Waals surface area (Å²) >= 11 is 0. The average Bonchev–Trinajstić information content (AvgIpc) is 3.11. The maximum Gasteiger partial charge on any atom is 0.232 e. The van der Waals surface area contributed by atoms with Gasteiger partial charge in [-0.15, -0.1) is 0 Å². The van der Waals surface area contributed by atoms with Gasteiger partial charge in [0.05, 0.1) is 18.2 Å². The van der Waals surface area contributed by atoms with Gasteiger partial charge in [-0.1, -0.05) is 12.1 Å². The van der Waals surface area contributed by atoms with Crippen LogP contribution in [0, 0.1) is 13.8 Å². The monoisotopic (exact) mass is 392 g/mol. The number of furan rings is 1. The lowest BCUT2D eigenvalue weighted by atomic mass is 10.1. The van der Waals surface area contributed by atoms with Gasteiger partial charge in [-0.2, -0.15) is 0 Å². The van der Waals surface area contributed by atoms with E-state index in [9.17, 15) is 13.2 Å². The molecule has 0 spiro atoms. The van der Waals surface area contributed by atoms with Gasteiger partial charge in [-0.25, -0.2) is 8.42 Å². The first-order valence-electron chi connectivity index (χ1n) is 9.12. The first-order chi connectivity index (χ1) is 12.8. The number of nitrogens with one attached hydrogen (secondary N) is 1. The number of carbonyl (C=O) groups excluding carboxylic acids is 1. The summed E-state index contributed by atoms with van der Waals surface area (Å²) in [4.78, 5) is 12.0. The quantitative estimate of drug-likeness (QED) is 0.630. The second-order valence-electron chi connectivity index (χ2n) is 6.69. The predicted molar refractivity (Wildman–Crippen MR) is 107 cm³/mol. The Morgan fingerprint density at radius 1 is 1.15 bits per heavy atom. The van der Waals surface area contributed by atoms with Gasteiger partial charge in [0.25, 0.3) is 0 Å². The van der Waals surface area contributed by atoms with Gasteiger partial charge in [-0.3, -0.25) is 9.10 Å². The molecule has 0 radical (unpaired) electrons. The van der Waals surface area contributed by atoms with E-state index in [1.54, 1.807) is 12.3 Å². The average molecular weight is 393 g/mol. The van der Waals surface area contributed by atoms with E-state index in [1.807, 2.05) is 38.1 Å². The van der Waals surface area contributed by atoms with Gasteiger partial charge in [-0.05, 0) is 56.0 Å². The summed E-state index contributed by atoms with van der Waals surface area (Å²) in [6.45, 7) is 4.72. The minimum absolute atomic E-state index is 0.0659. The van der Waals surface area contributed by atoms with Crippen LogP contribution in [0.15, 0.2) is 41.0 Å². The molecule has 7 heteroatoms. The molecule has 1 N–H and O–H groups in total. The molecule has 0 saturated carbocycles. The largest absolute Gasteiger partial charge is 0.469 e. The fraction of sp³-hybridized carbons (Fsp3) is 0.450. The summed E-state index contributed by atoms with van der Waals surface area (Å²) in [5.41, 5.74) is 2.65. The Balaban J connectivity index is 1.81. The normalized spacial score (nSPS) is 11.4. The van der Waals surface area contributed by atoms with E-state index >= 15 is 0 Å². The van der Waals surface area contributed by atoms with E-state index in [4.69, 9.17) is 4.42 Å². The first kappa shape index (κ1) is 21.0. The van der Waals surface area contributed by atoms with E-state index in [0.29, 0.717) is 18.7 Å². The van der Waals surface area contributed by atoms with Gasteiger partial charge in [0.15, 0.2) is 0 Å². The number of anilines is 1. The highest BCUT2D eigenvalue weighted by Gasteiger charge is 2.19. The molecule has 6 nitrogen and oxygen atoms in total. The number of sulfonamides is 1. The zero-order chi connectivity index (χ0) is 19.9. The number of amides is 1. The minimum atomic E-state index is -3.41. The molecule has 0 aliphatic rings. The lowest BCUT2D eigenvalue weighted by Crippen LogP contribution is -2.33. The van der Waals surface area contributed by atoms with Crippen molar-refractivity contribution in [3.8, 4) is 0 Å². The number of hydrogen-bond donors (Lipinski definition) is 1. The predicted octanol–water partition coefficient (Wildman–Crippen LogP) is 3.19. The van der Waals surface area contributed by atoms with E-state index < -0.39 is 10.0 Å². The molecule has 1 heterocycles. The summed E-state index contributed by atoms with van der Waals surface area (Å²) in [6, 6.07) is 9.36. The van der Waals surface area contributed by atoms with Crippen LogP contribution in [0.3, 0.4) is 0 Å². The molecule has 27 heavy (non-hydrogen) atoms.